The number of rotatable bonds is 26. The minimum atomic E-state index is -1.67. The summed E-state index contributed by atoms with van der Waals surface area (Å²) in [7, 11) is 0. The normalized spacial score (nSPS) is 14.8. The van der Waals surface area contributed by atoms with Crippen LogP contribution in [0.1, 0.15) is 78.7 Å². The Balaban J connectivity index is 3.12. The van der Waals surface area contributed by atoms with Crippen molar-refractivity contribution < 1.29 is 63.6 Å². The smallest absolute Gasteiger partial charge is 0.326 e. The summed E-state index contributed by atoms with van der Waals surface area (Å²) in [4.78, 5) is 113. The zero-order valence-corrected chi connectivity index (χ0v) is 32.8. The van der Waals surface area contributed by atoms with Crippen LogP contribution in [0.15, 0.2) is 30.3 Å². The number of aliphatic hydroxyl groups is 1. The Morgan fingerprint density at radius 2 is 0.947 bits per heavy atom. The molecule has 0 unspecified atom stereocenters. The van der Waals surface area contributed by atoms with Crippen LogP contribution in [0.2, 0.25) is 0 Å². The molecule has 0 aliphatic heterocycles. The number of benzene rings is 1. The molecule has 0 aliphatic rings. The Kier molecular flexibility index (Phi) is 21.5. The SMILES string of the molecule is CC(C)C[C@H](NC(=O)[C@H](CO)NC(=O)[C@H](CCC(=O)O)NC(=O)[C@H](CC(C)C)NC(=O)[C@H](C)NC(=O)[C@H](CCC(=O)O)NC(=O)[C@@H](N)Cc1ccccc1)C(=O)O. The highest BCUT2D eigenvalue weighted by molar-refractivity contribution is 5.97. The molecule has 0 fully saturated rings. The standard InChI is InChI=1S/C37H57N7O13/c1-19(2)15-26(35(54)41-25(12-14-30(48)49)34(53)44-28(18-45)36(55)43-27(37(56)57)16-20(3)4)42-31(50)21(5)39-33(52)24(11-13-29(46)47)40-32(51)23(38)17-22-9-7-6-8-10-22/h6-10,19-21,23-28,45H,11-18,38H2,1-5H3,(H,39,52)(H,40,51)(H,41,54)(H,42,50)(H,43,55)(H,44,53)(H,46,47)(H,48,49)(H,56,57)/t21-,23-,24-,25-,26-,27-,28-/m0/s1. The van der Waals surface area contributed by atoms with E-state index in [0.29, 0.717) is 0 Å². The van der Waals surface area contributed by atoms with E-state index >= 15 is 0 Å². The average molecular weight is 808 g/mol. The molecule has 0 aromatic heterocycles. The predicted molar refractivity (Wildman–Crippen MR) is 203 cm³/mol. The third kappa shape index (κ3) is 19.2. The van der Waals surface area contributed by atoms with Gasteiger partial charge in [0.2, 0.25) is 35.4 Å². The number of hydrogen-bond donors (Lipinski definition) is 11. The van der Waals surface area contributed by atoms with Crippen LogP contribution in [0.5, 0.6) is 0 Å². The number of nitrogens with one attached hydrogen (secondary N) is 6. The molecule has 20 heteroatoms. The van der Waals surface area contributed by atoms with Gasteiger partial charge in [0.15, 0.2) is 0 Å². The molecule has 6 amide bonds. The highest BCUT2D eigenvalue weighted by Gasteiger charge is 2.33. The van der Waals surface area contributed by atoms with E-state index in [4.69, 9.17) is 5.73 Å². The van der Waals surface area contributed by atoms with E-state index in [1.807, 2.05) is 0 Å². The summed E-state index contributed by atoms with van der Waals surface area (Å²) < 4.78 is 0. The summed E-state index contributed by atoms with van der Waals surface area (Å²) in [5, 5.41) is 51.9. The van der Waals surface area contributed by atoms with E-state index in [1.165, 1.54) is 6.92 Å². The molecule has 1 aromatic rings. The number of aliphatic carboxylic acids is 3. The lowest BCUT2D eigenvalue weighted by atomic mass is 10.0. The fourth-order valence-electron chi connectivity index (χ4n) is 5.40. The molecule has 0 aliphatic carbocycles. The Labute approximate surface area is 330 Å². The van der Waals surface area contributed by atoms with Crippen LogP contribution < -0.4 is 37.6 Å². The van der Waals surface area contributed by atoms with Gasteiger partial charge >= 0.3 is 17.9 Å². The monoisotopic (exact) mass is 807 g/mol. The number of amides is 6. The number of aliphatic hydroxyl groups excluding tert-OH is 1. The van der Waals surface area contributed by atoms with Gasteiger partial charge in [0, 0.05) is 12.8 Å². The van der Waals surface area contributed by atoms with E-state index in [1.54, 1.807) is 58.0 Å². The van der Waals surface area contributed by atoms with E-state index < -0.39 is 122 Å². The third-order valence-corrected chi connectivity index (χ3v) is 8.42. The first kappa shape index (κ1) is 49.4. The number of carboxylic acid groups (broad SMARTS) is 3. The lowest BCUT2D eigenvalue weighted by molar-refractivity contribution is -0.143. The summed E-state index contributed by atoms with van der Waals surface area (Å²) in [6.07, 6.45) is -1.79. The van der Waals surface area contributed by atoms with Gasteiger partial charge in [-0.25, -0.2) is 4.79 Å². The number of carbonyl (C=O) groups is 9. The van der Waals surface area contributed by atoms with Gasteiger partial charge in [-0.05, 0) is 56.4 Å². The quantitative estimate of drug-likeness (QED) is 0.0502. The zero-order valence-electron chi connectivity index (χ0n) is 32.8. The Hall–Kier alpha value is -5.63. The van der Waals surface area contributed by atoms with E-state index in [0.717, 1.165) is 5.56 Å². The largest absolute Gasteiger partial charge is 0.481 e. The molecule has 0 bridgehead atoms. The van der Waals surface area contributed by atoms with E-state index in [2.05, 4.69) is 31.9 Å². The fraction of sp³-hybridized carbons (Fsp3) is 0.595. The molecule has 0 saturated carbocycles. The summed E-state index contributed by atoms with van der Waals surface area (Å²) in [6, 6.07) is -0.990. The molecule has 1 rings (SSSR count). The first-order chi connectivity index (χ1) is 26.6. The summed E-state index contributed by atoms with van der Waals surface area (Å²) in [5.41, 5.74) is 6.78. The van der Waals surface area contributed by atoms with Gasteiger partial charge < -0.3 is 58.1 Å². The van der Waals surface area contributed by atoms with Gasteiger partial charge in [-0.15, -0.1) is 0 Å². The second-order valence-electron chi connectivity index (χ2n) is 14.5. The zero-order chi connectivity index (χ0) is 43.4. The van der Waals surface area contributed by atoms with Crippen LogP contribution >= 0.6 is 0 Å². The number of carboxylic acids is 3. The summed E-state index contributed by atoms with van der Waals surface area (Å²) in [5.74, 6) is -9.87. The van der Waals surface area contributed by atoms with Crippen LogP contribution in [-0.2, 0) is 49.6 Å². The molecule has 0 saturated heterocycles. The van der Waals surface area contributed by atoms with Crippen molar-refractivity contribution in [2.75, 3.05) is 6.61 Å². The number of carbonyl (C=O) groups excluding carboxylic acids is 6. The molecular formula is C37H57N7O13. The molecular weight excluding hydrogens is 750 g/mol. The molecule has 0 heterocycles. The average Bonchev–Trinajstić information content (AvgIpc) is 3.12. The molecule has 0 radical (unpaired) electrons. The van der Waals surface area contributed by atoms with E-state index in [9.17, 15) is 63.6 Å². The molecule has 1 aromatic carbocycles. The Morgan fingerprint density at radius 1 is 0.544 bits per heavy atom. The van der Waals surface area contributed by atoms with Gasteiger partial charge in [-0.1, -0.05) is 58.0 Å². The van der Waals surface area contributed by atoms with Crippen LogP contribution in [0, 0.1) is 11.8 Å². The van der Waals surface area contributed by atoms with Crippen molar-refractivity contribution in [2.24, 2.45) is 17.6 Å². The Morgan fingerprint density at radius 3 is 1.42 bits per heavy atom. The van der Waals surface area contributed by atoms with Crippen LogP contribution in [0.25, 0.3) is 0 Å². The second-order valence-corrected chi connectivity index (χ2v) is 14.5. The molecule has 318 valence electrons. The minimum absolute atomic E-state index is 0.00376. The van der Waals surface area contributed by atoms with Crippen molar-refractivity contribution in [3.05, 3.63) is 35.9 Å². The molecule has 0 spiro atoms. The van der Waals surface area contributed by atoms with Crippen LogP contribution in [0.4, 0.5) is 0 Å². The maximum atomic E-state index is 13.6. The first-order valence-corrected chi connectivity index (χ1v) is 18.5. The lowest BCUT2D eigenvalue weighted by Crippen LogP contribution is -2.60. The highest BCUT2D eigenvalue weighted by Crippen LogP contribution is 2.10. The van der Waals surface area contributed by atoms with Crippen LogP contribution in [-0.4, -0.2) is 123 Å². The summed E-state index contributed by atoms with van der Waals surface area (Å²) in [6.45, 7) is 7.19. The van der Waals surface area contributed by atoms with Crippen molar-refractivity contribution in [1.82, 2.24) is 31.9 Å². The van der Waals surface area contributed by atoms with Crippen molar-refractivity contribution in [3.63, 3.8) is 0 Å². The minimum Gasteiger partial charge on any atom is -0.481 e. The van der Waals surface area contributed by atoms with Crippen LogP contribution in [0.3, 0.4) is 0 Å². The van der Waals surface area contributed by atoms with Gasteiger partial charge in [0.1, 0.15) is 36.3 Å². The second kappa shape index (κ2) is 24.8. The third-order valence-electron chi connectivity index (χ3n) is 8.42. The van der Waals surface area contributed by atoms with Crippen molar-refractivity contribution in [3.8, 4) is 0 Å². The first-order valence-electron chi connectivity index (χ1n) is 18.5. The maximum absolute atomic E-state index is 13.6. The molecule has 57 heavy (non-hydrogen) atoms. The number of hydrogen-bond acceptors (Lipinski definition) is 11. The summed E-state index contributed by atoms with van der Waals surface area (Å²) >= 11 is 0. The highest BCUT2D eigenvalue weighted by atomic mass is 16.4. The topological polar surface area (TPSA) is 333 Å². The Bertz CT molecular complexity index is 1560. The molecule has 7 atom stereocenters. The van der Waals surface area contributed by atoms with Crippen molar-refractivity contribution in [2.45, 2.75) is 122 Å². The predicted octanol–water partition coefficient (Wildman–Crippen LogP) is -1.62. The van der Waals surface area contributed by atoms with Gasteiger partial charge in [0.25, 0.3) is 0 Å². The van der Waals surface area contributed by atoms with Crippen molar-refractivity contribution >= 4 is 53.4 Å². The molecule has 12 N–H and O–H groups in total. The fourth-order valence-corrected chi connectivity index (χ4v) is 5.40. The van der Waals surface area contributed by atoms with Gasteiger partial charge in [-0.3, -0.25) is 38.4 Å². The maximum Gasteiger partial charge on any atom is 0.326 e. The van der Waals surface area contributed by atoms with E-state index in [-0.39, 0.29) is 37.5 Å². The van der Waals surface area contributed by atoms with Gasteiger partial charge in [-0.2, -0.15) is 0 Å². The van der Waals surface area contributed by atoms with Crippen molar-refractivity contribution in [1.29, 1.82) is 0 Å². The van der Waals surface area contributed by atoms with Gasteiger partial charge in [0.05, 0.1) is 12.6 Å². The molecule has 20 nitrogen and oxygen atoms in total. The number of nitrogens with two attached hydrogens (primary N) is 1. The lowest BCUT2D eigenvalue weighted by Gasteiger charge is -2.27.